The number of rotatable bonds is 7. The highest BCUT2D eigenvalue weighted by Gasteiger charge is 2.25. The van der Waals surface area contributed by atoms with Gasteiger partial charge in [0.2, 0.25) is 0 Å². The summed E-state index contributed by atoms with van der Waals surface area (Å²) < 4.78 is 10.4. The van der Waals surface area contributed by atoms with E-state index in [9.17, 15) is 19.5 Å². The molecule has 0 aliphatic carbocycles. The van der Waals surface area contributed by atoms with Crippen LogP contribution in [0.4, 0.5) is 5.69 Å². The van der Waals surface area contributed by atoms with Crippen molar-refractivity contribution in [3.05, 3.63) is 94.3 Å². The van der Waals surface area contributed by atoms with Gasteiger partial charge in [0, 0.05) is 23.3 Å². The third-order valence-corrected chi connectivity index (χ3v) is 5.32. The number of aromatic nitrogens is 2. The van der Waals surface area contributed by atoms with Gasteiger partial charge in [0.25, 0.3) is 11.5 Å². The number of benzene rings is 3. The molecule has 0 fully saturated rings. The number of carbonyl (C=O) groups excluding carboxylic acids is 1. The summed E-state index contributed by atoms with van der Waals surface area (Å²) in [4.78, 5) is 38.3. The molecule has 35 heavy (non-hydrogen) atoms. The van der Waals surface area contributed by atoms with E-state index in [-0.39, 0.29) is 28.3 Å². The molecule has 0 saturated carbocycles. The molecule has 0 spiro atoms. The maximum absolute atomic E-state index is 13.5. The SMILES string of the molecule is COc1cc(NC(=O)c2c(-c3ccccc3)c(-c3ccccc3)n[nH]c2=O)c(C(=O)O)cc1OC. The molecular formula is C26H21N3O6. The standard InChI is InChI=1S/C26H21N3O6/c1-34-19-13-17(26(32)33)18(14-20(19)35-2)27-24(30)22-21(15-9-5-3-6-10-15)23(28-29-25(22)31)16-11-7-4-8-12-16/h3-14H,1-2H3,(H,27,30)(H,29,31)(H,32,33). The van der Waals surface area contributed by atoms with E-state index in [0.717, 1.165) is 0 Å². The molecule has 1 heterocycles. The Morgan fingerprint density at radius 1 is 0.886 bits per heavy atom. The van der Waals surface area contributed by atoms with Crippen LogP contribution in [0, 0.1) is 0 Å². The van der Waals surface area contributed by atoms with Crippen LogP contribution in [-0.4, -0.2) is 41.4 Å². The third-order valence-electron chi connectivity index (χ3n) is 5.32. The minimum atomic E-state index is -1.29. The highest BCUT2D eigenvalue weighted by Crippen LogP contribution is 2.35. The number of methoxy groups -OCH3 is 2. The first kappa shape index (κ1) is 23.2. The second-order valence-corrected chi connectivity index (χ2v) is 7.40. The Hall–Kier alpha value is -4.92. The fourth-order valence-corrected chi connectivity index (χ4v) is 3.70. The fourth-order valence-electron chi connectivity index (χ4n) is 3.70. The summed E-state index contributed by atoms with van der Waals surface area (Å²) in [5, 5.41) is 18.9. The lowest BCUT2D eigenvalue weighted by Crippen LogP contribution is -2.26. The maximum atomic E-state index is 13.5. The molecule has 0 bridgehead atoms. The van der Waals surface area contributed by atoms with Gasteiger partial charge in [0.05, 0.1) is 31.2 Å². The molecule has 3 N–H and O–H groups in total. The summed E-state index contributed by atoms with van der Waals surface area (Å²) in [5.74, 6) is -1.71. The van der Waals surface area contributed by atoms with Gasteiger partial charge in [0.15, 0.2) is 11.5 Å². The number of amides is 1. The number of aromatic carboxylic acids is 1. The molecule has 0 atom stereocenters. The normalized spacial score (nSPS) is 10.5. The number of hydrogen-bond donors (Lipinski definition) is 3. The Bertz CT molecular complexity index is 1450. The Morgan fingerprint density at radius 2 is 1.46 bits per heavy atom. The minimum Gasteiger partial charge on any atom is -0.493 e. The number of aromatic amines is 1. The minimum absolute atomic E-state index is 0.0587. The summed E-state index contributed by atoms with van der Waals surface area (Å²) >= 11 is 0. The van der Waals surface area contributed by atoms with Gasteiger partial charge in [-0.15, -0.1) is 0 Å². The monoisotopic (exact) mass is 471 g/mol. The van der Waals surface area contributed by atoms with Crippen molar-refractivity contribution >= 4 is 17.6 Å². The van der Waals surface area contributed by atoms with Crippen molar-refractivity contribution in [3.8, 4) is 33.9 Å². The van der Waals surface area contributed by atoms with Crippen LogP contribution in [0.15, 0.2) is 77.6 Å². The molecule has 0 aliphatic rings. The Labute approximate surface area is 200 Å². The molecular weight excluding hydrogens is 450 g/mol. The first-order valence-electron chi connectivity index (χ1n) is 10.5. The van der Waals surface area contributed by atoms with Crippen LogP contribution in [0.2, 0.25) is 0 Å². The lowest BCUT2D eigenvalue weighted by atomic mass is 9.95. The van der Waals surface area contributed by atoms with Crippen molar-refractivity contribution in [1.29, 1.82) is 0 Å². The van der Waals surface area contributed by atoms with Crippen LogP contribution in [0.5, 0.6) is 11.5 Å². The van der Waals surface area contributed by atoms with Gasteiger partial charge in [-0.25, -0.2) is 9.89 Å². The molecule has 4 rings (SSSR count). The van der Waals surface area contributed by atoms with E-state index in [2.05, 4.69) is 15.5 Å². The van der Waals surface area contributed by atoms with Crippen molar-refractivity contribution in [2.75, 3.05) is 19.5 Å². The van der Waals surface area contributed by atoms with Crippen molar-refractivity contribution in [1.82, 2.24) is 10.2 Å². The van der Waals surface area contributed by atoms with Gasteiger partial charge in [0.1, 0.15) is 5.56 Å². The van der Waals surface area contributed by atoms with Gasteiger partial charge < -0.3 is 19.9 Å². The zero-order chi connectivity index (χ0) is 24.9. The van der Waals surface area contributed by atoms with Crippen molar-refractivity contribution in [3.63, 3.8) is 0 Å². The maximum Gasteiger partial charge on any atom is 0.337 e. The van der Waals surface area contributed by atoms with Crippen molar-refractivity contribution < 1.29 is 24.2 Å². The smallest absolute Gasteiger partial charge is 0.337 e. The van der Waals surface area contributed by atoms with Crippen LogP contribution < -0.4 is 20.3 Å². The Morgan fingerprint density at radius 3 is 2.03 bits per heavy atom. The number of H-pyrrole nitrogens is 1. The van der Waals surface area contributed by atoms with Gasteiger partial charge in [-0.1, -0.05) is 60.7 Å². The van der Waals surface area contributed by atoms with Crippen LogP contribution in [0.3, 0.4) is 0 Å². The van der Waals surface area contributed by atoms with E-state index in [1.54, 1.807) is 24.3 Å². The lowest BCUT2D eigenvalue weighted by molar-refractivity contribution is 0.0697. The van der Waals surface area contributed by atoms with Crippen LogP contribution in [-0.2, 0) is 0 Å². The number of carboxylic acids is 1. The molecule has 0 unspecified atom stereocenters. The number of nitrogens with one attached hydrogen (secondary N) is 2. The third kappa shape index (κ3) is 4.60. The van der Waals surface area contributed by atoms with Crippen molar-refractivity contribution in [2.24, 2.45) is 0 Å². The molecule has 0 aliphatic heterocycles. The second-order valence-electron chi connectivity index (χ2n) is 7.40. The van der Waals surface area contributed by atoms with E-state index < -0.39 is 17.4 Å². The quantitative estimate of drug-likeness (QED) is 0.370. The average molecular weight is 471 g/mol. The van der Waals surface area contributed by atoms with Gasteiger partial charge in [-0.3, -0.25) is 9.59 Å². The highest BCUT2D eigenvalue weighted by molar-refractivity contribution is 6.12. The van der Waals surface area contributed by atoms with Crippen molar-refractivity contribution in [2.45, 2.75) is 0 Å². The van der Waals surface area contributed by atoms with Gasteiger partial charge in [-0.05, 0) is 5.56 Å². The van der Waals surface area contributed by atoms with E-state index in [1.165, 1.54) is 26.4 Å². The molecule has 9 nitrogen and oxygen atoms in total. The number of nitrogens with zero attached hydrogens (tertiary/aromatic N) is 1. The summed E-state index contributed by atoms with van der Waals surface area (Å²) in [6.07, 6.45) is 0. The van der Waals surface area contributed by atoms with Crippen LogP contribution in [0.25, 0.3) is 22.4 Å². The molecule has 1 aromatic heterocycles. The number of carboxylic acid groups (broad SMARTS) is 1. The molecule has 9 heteroatoms. The molecule has 4 aromatic rings. The molecule has 3 aromatic carbocycles. The Balaban J connectivity index is 1.91. The number of anilines is 1. The molecule has 0 radical (unpaired) electrons. The zero-order valence-corrected chi connectivity index (χ0v) is 18.9. The fraction of sp³-hybridized carbons (Fsp3) is 0.0769. The number of carbonyl (C=O) groups is 2. The second kappa shape index (κ2) is 9.92. The summed E-state index contributed by atoms with van der Waals surface area (Å²) in [7, 11) is 2.76. The topological polar surface area (TPSA) is 131 Å². The number of hydrogen-bond acceptors (Lipinski definition) is 6. The van der Waals surface area contributed by atoms with Crippen LogP contribution in [0.1, 0.15) is 20.7 Å². The Kier molecular flexibility index (Phi) is 6.59. The van der Waals surface area contributed by atoms with E-state index >= 15 is 0 Å². The number of ether oxygens (including phenoxy) is 2. The molecule has 0 saturated heterocycles. The molecule has 176 valence electrons. The van der Waals surface area contributed by atoms with Gasteiger partial charge in [-0.2, -0.15) is 5.10 Å². The largest absolute Gasteiger partial charge is 0.493 e. The summed E-state index contributed by atoms with van der Waals surface area (Å²) in [6.45, 7) is 0. The highest BCUT2D eigenvalue weighted by atomic mass is 16.5. The van der Waals surface area contributed by atoms with E-state index in [0.29, 0.717) is 22.4 Å². The van der Waals surface area contributed by atoms with Gasteiger partial charge >= 0.3 is 5.97 Å². The lowest BCUT2D eigenvalue weighted by Gasteiger charge is -2.16. The average Bonchev–Trinajstić information content (AvgIpc) is 2.88. The predicted molar refractivity (Wildman–Crippen MR) is 130 cm³/mol. The van der Waals surface area contributed by atoms with E-state index in [4.69, 9.17) is 9.47 Å². The zero-order valence-electron chi connectivity index (χ0n) is 18.9. The predicted octanol–water partition coefficient (Wildman–Crippen LogP) is 4.07. The first-order valence-corrected chi connectivity index (χ1v) is 10.5. The van der Waals surface area contributed by atoms with E-state index in [1.807, 2.05) is 36.4 Å². The first-order chi connectivity index (χ1) is 16.9. The van der Waals surface area contributed by atoms with Crippen LogP contribution >= 0.6 is 0 Å². The summed E-state index contributed by atoms with van der Waals surface area (Å²) in [5.41, 5.74) is 0.773. The molecule has 1 amide bonds. The summed E-state index contributed by atoms with van der Waals surface area (Å²) in [6, 6.07) is 20.6.